The summed E-state index contributed by atoms with van der Waals surface area (Å²) in [4.78, 5) is 6.24. The maximum absolute atomic E-state index is 4.88. The lowest BCUT2D eigenvalue weighted by atomic mass is 10.1. The fourth-order valence-electron chi connectivity index (χ4n) is 2.56. The van der Waals surface area contributed by atoms with E-state index in [0.717, 1.165) is 24.5 Å². The monoisotopic (exact) mass is 296 g/mol. The van der Waals surface area contributed by atoms with E-state index in [-0.39, 0.29) is 0 Å². The maximum atomic E-state index is 4.88. The SMILES string of the molecule is CCNCc1sc(-c2cccc3ccccc23)nc1CC. The maximum Gasteiger partial charge on any atom is 0.124 e. The van der Waals surface area contributed by atoms with E-state index in [1.165, 1.54) is 26.9 Å². The van der Waals surface area contributed by atoms with Crippen LogP contribution in [0.5, 0.6) is 0 Å². The molecule has 2 aromatic carbocycles. The van der Waals surface area contributed by atoms with Crippen molar-refractivity contribution in [1.82, 2.24) is 10.3 Å². The Labute approximate surface area is 129 Å². The summed E-state index contributed by atoms with van der Waals surface area (Å²) < 4.78 is 0. The molecule has 0 aliphatic rings. The van der Waals surface area contributed by atoms with Gasteiger partial charge in [0.1, 0.15) is 5.01 Å². The largest absolute Gasteiger partial charge is 0.312 e. The molecule has 108 valence electrons. The quantitative estimate of drug-likeness (QED) is 0.742. The Hall–Kier alpha value is -1.71. The Bertz CT molecular complexity index is 741. The van der Waals surface area contributed by atoms with Gasteiger partial charge < -0.3 is 5.32 Å². The molecule has 0 amide bonds. The van der Waals surface area contributed by atoms with Gasteiger partial charge in [-0.1, -0.05) is 56.3 Å². The van der Waals surface area contributed by atoms with Gasteiger partial charge in [-0.15, -0.1) is 11.3 Å². The topological polar surface area (TPSA) is 24.9 Å². The van der Waals surface area contributed by atoms with Crippen molar-refractivity contribution in [2.75, 3.05) is 6.54 Å². The smallest absolute Gasteiger partial charge is 0.124 e. The molecular weight excluding hydrogens is 276 g/mol. The van der Waals surface area contributed by atoms with E-state index in [4.69, 9.17) is 4.98 Å². The van der Waals surface area contributed by atoms with Crippen molar-refractivity contribution in [2.45, 2.75) is 26.8 Å². The molecule has 0 bridgehead atoms. The van der Waals surface area contributed by atoms with E-state index in [1.54, 1.807) is 0 Å². The molecule has 0 saturated heterocycles. The number of hydrogen-bond acceptors (Lipinski definition) is 3. The Morgan fingerprint density at radius 2 is 1.86 bits per heavy atom. The van der Waals surface area contributed by atoms with Crippen LogP contribution in [0.4, 0.5) is 0 Å². The molecule has 1 heterocycles. The van der Waals surface area contributed by atoms with Crippen LogP contribution in [0.1, 0.15) is 24.4 Å². The van der Waals surface area contributed by atoms with Gasteiger partial charge >= 0.3 is 0 Å². The van der Waals surface area contributed by atoms with Crippen LogP contribution in [0, 0.1) is 0 Å². The number of thiazole rings is 1. The predicted molar refractivity (Wildman–Crippen MR) is 91.8 cm³/mol. The Balaban J connectivity index is 2.08. The summed E-state index contributed by atoms with van der Waals surface area (Å²) in [5, 5.41) is 7.11. The van der Waals surface area contributed by atoms with E-state index in [9.17, 15) is 0 Å². The number of fused-ring (bicyclic) bond motifs is 1. The van der Waals surface area contributed by atoms with E-state index in [1.807, 2.05) is 11.3 Å². The highest BCUT2D eigenvalue weighted by Crippen LogP contribution is 2.33. The first-order valence-corrected chi connectivity index (χ1v) is 8.32. The van der Waals surface area contributed by atoms with Crippen molar-refractivity contribution in [1.29, 1.82) is 0 Å². The Morgan fingerprint density at radius 3 is 2.67 bits per heavy atom. The van der Waals surface area contributed by atoms with Crippen molar-refractivity contribution in [3.63, 3.8) is 0 Å². The highest BCUT2D eigenvalue weighted by atomic mass is 32.1. The number of hydrogen-bond donors (Lipinski definition) is 1. The van der Waals surface area contributed by atoms with Crippen LogP contribution in [0.25, 0.3) is 21.3 Å². The van der Waals surface area contributed by atoms with Gasteiger partial charge in [-0.2, -0.15) is 0 Å². The summed E-state index contributed by atoms with van der Waals surface area (Å²) in [6.45, 7) is 6.22. The minimum absolute atomic E-state index is 0.919. The molecule has 1 N–H and O–H groups in total. The summed E-state index contributed by atoms with van der Waals surface area (Å²) in [6, 6.07) is 15.0. The average molecular weight is 296 g/mol. The van der Waals surface area contributed by atoms with Gasteiger partial charge in [0.2, 0.25) is 0 Å². The van der Waals surface area contributed by atoms with E-state index < -0.39 is 0 Å². The standard InChI is InChI=1S/C18H20N2S/c1-3-16-17(12-19-4-2)21-18(20-16)15-11-7-9-13-8-5-6-10-14(13)15/h5-11,19H,3-4,12H2,1-2H3. The van der Waals surface area contributed by atoms with Crippen LogP contribution in [0.3, 0.4) is 0 Å². The molecule has 0 saturated carbocycles. The van der Waals surface area contributed by atoms with Crippen molar-refractivity contribution in [3.8, 4) is 10.6 Å². The van der Waals surface area contributed by atoms with Crippen LogP contribution >= 0.6 is 11.3 Å². The second kappa shape index (κ2) is 6.37. The van der Waals surface area contributed by atoms with Crippen LogP contribution in [-0.2, 0) is 13.0 Å². The van der Waals surface area contributed by atoms with Crippen LogP contribution in [0.15, 0.2) is 42.5 Å². The second-order valence-electron chi connectivity index (χ2n) is 5.05. The third-order valence-electron chi connectivity index (χ3n) is 3.67. The van der Waals surface area contributed by atoms with Gasteiger partial charge in [0, 0.05) is 17.0 Å². The molecule has 3 rings (SSSR count). The number of rotatable bonds is 5. The van der Waals surface area contributed by atoms with Gasteiger partial charge in [-0.25, -0.2) is 4.98 Å². The first kappa shape index (κ1) is 14.2. The summed E-state index contributed by atoms with van der Waals surface area (Å²) in [7, 11) is 0. The number of nitrogens with zero attached hydrogens (tertiary/aromatic N) is 1. The number of aromatic nitrogens is 1. The predicted octanol–water partition coefficient (Wildman–Crippen LogP) is 4.64. The Kier molecular flexibility index (Phi) is 4.32. The van der Waals surface area contributed by atoms with Gasteiger partial charge in [0.25, 0.3) is 0 Å². The number of nitrogens with one attached hydrogen (secondary N) is 1. The third kappa shape index (κ3) is 2.85. The zero-order chi connectivity index (χ0) is 14.7. The average Bonchev–Trinajstić information content (AvgIpc) is 2.95. The molecule has 2 nitrogen and oxygen atoms in total. The number of aryl methyl sites for hydroxylation is 1. The minimum atomic E-state index is 0.919. The summed E-state index contributed by atoms with van der Waals surface area (Å²) in [5.74, 6) is 0. The van der Waals surface area contributed by atoms with E-state index in [0.29, 0.717) is 0 Å². The molecule has 3 heteroatoms. The minimum Gasteiger partial charge on any atom is -0.312 e. The lowest BCUT2D eigenvalue weighted by Gasteiger charge is -2.03. The molecule has 3 aromatic rings. The van der Waals surface area contributed by atoms with Gasteiger partial charge in [0.05, 0.1) is 5.69 Å². The number of benzene rings is 2. The van der Waals surface area contributed by atoms with Gasteiger partial charge in [0.15, 0.2) is 0 Å². The summed E-state index contributed by atoms with van der Waals surface area (Å²) >= 11 is 1.82. The van der Waals surface area contributed by atoms with E-state index in [2.05, 4.69) is 61.6 Å². The zero-order valence-corrected chi connectivity index (χ0v) is 13.3. The molecule has 0 aliphatic carbocycles. The fraction of sp³-hybridized carbons (Fsp3) is 0.278. The molecular formula is C18H20N2S. The summed E-state index contributed by atoms with van der Waals surface area (Å²) in [6.07, 6.45) is 0.988. The summed E-state index contributed by atoms with van der Waals surface area (Å²) in [5.41, 5.74) is 2.47. The first-order valence-electron chi connectivity index (χ1n) is 7.51. The third-order valence-corrected chi connectivity index (χ3v) is 4.80. The van der Waals surface area contributed by atoms with Crippen LogP contribution in [0.2, 0.25) is 0 Å². The molecule has 0 aliphatic heterocycles. The lowest BCUT2D eigenvalue weighted by Crippen LogP contribution is -2.11. The van der Waals surface area contributed by atoms with Gasteiger partial charge in [-0.05, 0) is 23.7 Å². The molecule has 0 spiro atoms. The Morgan fingerprint density at radius 1 is 1.05 bits per heavy atom. The highest BCUT2D eigenvalue weighted by molar-refractivity contribution is 7.15. The van der Waals surface area contributed by atoms with Gasteiger partial charge in [-0.3, -0.25) is 0 Å². The van der Waals surface area contributed by atoms with Crippen LogP contribution in [-0.4, -0.2) is 11.5 Å². The normalized spacial score (nSPS) is 11.1. The van der Waals surface area contributed by atoms with Crippen molar-refractivity contribution in [2.24, 2.45) is 0 Å². The fourth-order valence-corrected chi connectivity index (χ4v) is 3.72. The molecule has 1 aromatic heterocycles. The first-order chi connectivity index (χ1) is 10.3. The lowest BCUT2D eigenvalue weighted by molar-refractivity contribution is 0.727. The van der Waals surface area contributed by atoms with Crippen molar-refractivity contribution in [3.05, 3.63) is 53.0 Å². The molecule has 0 unspecified atom stereocenters. The molecule has 21 heavy (non-hydrogen) atoms. The van der Waals surface area contributed by atoms with Crippen molar-refractivity contribution >= 4 is 22.1 Å². The second-order valence-corrected chi connectivity index (χ2v) is 6.13. The van der Waals surface area contributed by atoms with Crippen molar-refractivity contribution < 1.29 is 0 Å². The highest BCUT2D eigenvalue weighted by Gasteiger charge is 2.12. The van der Waals surface area contributed by atoms with Crippen LogP contribution < -0.4 is 5.32 Å². The van der Waals surface area contributed by atoms with E-state index >= 15 is 0 Å². The molecule has 0 atom stereocenters. The molecule has 0 fully saturated rings. The zero-order valence-electron chi connectivity index (χ0n) is 12.5. The molecule has 0 radical (unpaired) electrons.